The molecule has 6 heteroatoms. The van der Waals surface area contributed by atoms with Crippen LogP contribution in [0.4, 0.5) is 5.69 Å². The summed E-state index contributed by atoms with van der Waals surface area (Å²) < 4.78 is 5.44. The molecular weight excluding hydrogens is 312 g/mol. The smallest absolute Gasteiger partial charge is 0.269 e. The third kappa shape index (κ3) is 4.28. The van der Waals surface area contributed by atoms with Crippen molar-refractivity contribution in [3.63, 3.8) is 0 Å². The fourth-order valence-corrected chi connectivity index (χ4v) is 3.14. The van der Waals surface area contributed by atoms with Gasteiger partial charge < -0.3 is 4.42 Å². The van der Waals surface area contributed by atoms with Gasteiger partial charge in [0, 0.05) is 30.1 Å². The Morgan fingerprint density at radius 1 is 1.04 bits per heavy atom. The van der Waals surface area contributed by atoms with Gasteiger partial charge in [-0.2, -0.15) is 0 Å². The molecule has 0 amide bonds. The predicted octanol–water partition coefficient (Wildman–Crippen LogP) is 4.45. The van der Waals surface area contributed by atoms with E-state index < -0.39 is 0 Å². The molecule has 23 heavy (non-hydrogen) atoms. The van der Waals surface area contributed by atoms with Crippen LogP contribution in [0.5, 0.6) is 0 Å². The van der Waals surface area contributed by atoms with E-state index in [1.165, 1.54) is 4.88 Å². The van der Waals surface area contributed by atoms with Crippen molar-refractivity contribution in [3.8, 4) is 0 Å². The molecular formula is C17H16N2O3S. The van der Waals surface area contributed by atoms with Crippen LogP contribution in [0.3, 0.4) is 0 Å². The van der Waals surface area contributed by atoms with E-state index in [0.29, 0.717) is 13.1 Å². The molecule has 5 nitrogen and oxygen atoms in total. The van der Waals surface area contributed by atoms with E-state index in [4.69, 9.17) is 4.42 Å². The molecule has 0 N–H and O–H groups in total. The average Bonchev–Trinajstić information content (AvgIpc) is 3.21. The number of nitro benzene ring substituents is 1. The first-order valence-corrected chi connectivity index (χ1v) is 8.09. The summed E-state index contributed by atoms with van der Waals surface area (Å²) in [5.41, 5.74) is 1.16. The van der Waals surface area contributed by atoms with Crippen LogP contribution in [-0.4, -0.2) is 9.82 Å². The highest BCUT2D eigenvalue weighted by molar-refractivity contribution is 7.09. The topological polar surface area (TPSA) is 59.5 Å². The lowest BCUT2D eigenvalue weighted by molar-refractivity contribution is -0.384. The summed E-state index contributed by atoms with van der Waals surface area (Å²) in [6.07, 6.45) is 1.67. The minimum Gasteiger partial charge on any atom is -0.468 e. The molecule has 0 aliphatic rings. The van der Waals surface area contributed by atoms with Crippen molar-refractivity contribution in [1.29, 1.82) is 0 Å². The van der Waals surface area contributed by atoms with Crippen LogP contribution in [0.15, 0.2) is 64.6 Å². The van der Waals surface area contributed by atoms with Crippen molar-refractivity contribution in [1.82, 2.24) is 4.90 Å². The van der Waals surface area contributed by atoms with Gasteiger partial charge in [0.15, 0.2) is 0 Å². The van der Waals surface area contributed by atoms with Crippen LogP contribution in [0.25, 0.3) is 0 Å². The van der Waals surface area contributed by atoms with Crippen molar-refractivity contribution < 1.29 is 9.34 Å². The number of non-ortho nitro benzene ring substituents is 1. The van der Waals surface area contributed by atoms with Gasteiger partial charge in [-0.1, -0.05) is 18.2 Å². The number of benzene rings is 1. The molecule has 0 aliphatic carbocycles. The largest absolute Gasteiger partial charge is 0.468 e. The summed E-state index contributed by atoms with van der Waals surface area (Å²) in [6, 6.07) is 14.7. The summed E-state index contributed by atoms with van der Waals surface area (Å²) in [5.74, 6) is 0.906. The maximum Gasteiger partial charge on any atom is 0.269 e. The van der Waals surface area contributed by atoms with Gasteiger partial charge in [-0.05, 0) is 29.1 Å². The lowest BCUT2D eigenvalue weighted by Crippen LogP contribution is -2.21. The molecule has 3 aromatic rings. The number of furan rings is 1. The van der Waals surface area contributed by atoms with Crippen molar-refractivity contribution in [2.24, 2.45) is 0 Å². The van der Waals surface area contributed by atoms with Crippen LogP contribution in [-0.2, 0) is 19.6 Å². The molecule has 0 saturated carbocycles. The molecule has 3 rings (SSSR count). The molecule has 0 fully saturated rings. The Labute approximate surface area is 137 Å². The summed E-state index contributed by atoms with van der Waals surface area (Å²) in [5, 5.41) is 12.8. The predicted molar refractivity (Wildman–Crippen MR) is 89.1 cm³/mol. The van der Waals surface area contributed by atoms with Crippen LogP contribution < -0.4 is 0 Å². The van der Waals surface area contributed by atoms with E-state index in [2.05, 4.69) is 16.3 Å². The molecule has 0 saturated heterocycles. The third-order valence-electron chi connectivity index (χ3n) is 3.47. The number of thiophene rings is 1. The Hall–Kier alpha value is -2.44. The summed E-state index contributed by atoms with van der Waals surface area (Å²) in [4.78, 5) is 13.9. The molecule has 2 heterocycles. The summed E-state index contributed by atoms with van der Waals surface area (Å²) in [6.45, 7) is 2.22. The zero-order chi connectivity index (χ0) is 16.1. The molecule has 2 aromatic heterocycles. The first kappa shape index (κ1) is 15.5. The average molecular weight is 328 g/mol. The SMILES string of the molecule is O=[N+]([O-])c1ccc(CN(Cc2ccco2)Cc2cccs2)cc1. The number of hydrogen-bond donors (Lipinski definition) is 0. The van der Waals surface area contributed by atoms with E-state index in [1.807, 2.05) is 30.3 Å². The number of hydrogen-bond acceptors (Lipinski definition) is 5. The summed E-state index contributed by atoms with van der Waals surface area (Å²) in [7, 11) is 0. The van der Waals surface area contributed by atoms with Crippen molar-refractivity contribution in [2.75, 3.05) is 0 Å². The Morgan fingerprint density at radius 3 is 2.48 bits per heavy atom. The van der Waals surface area contributed by atoms with E-state index in [1.54, 1.807) is 29.7 Å². The van der Waals surface area contributed by atoms with Crippen LogP contribution >= 0.6 is 11.3 Å². The molecule has 0 atom stereocenters. The fraction of sp³-hybridized carbons (Fsp3) is 0.176. The van der Waals surface area contributed by atoms with Crippen molar-refractivity contribution >= 4 is 17.0 Å². The maximum atomic E-state index is 10.7. The van der Waals surface area contributed by atoms with Crippen LogP contribution in [0, 0.1) is 10.1 Å². The van der Waals surface area contributed by atoms with Gasteiger partial charge in [-0.15, -0.1) is 11.3 Å². The van der Waals surface area contributed by atoms with Gasteiger partial charge in [0.2, 0.25) is 0 Å². The lowest BCUT2D eigenvalue weighted by atomic mass is 10.2. The number of nitro groups is 1. The van der Waals surface area contributed by atoms with Crippen LogP contribution in [0.2, 0.25) is 0 Å². The van der Waals surface area contributed by atoms with Gasteiger partial charge in [0.05, 0.1) is 17.7 Å². The highest BCUT2D eigenvalue weighted by atomic mass is 32.1. The van der Waals surface area contributed by atoms with Crippen molar-refractivity contribution in [2.45, 2.75) is 19.6 Å². The van der Waals surface area contributed by atoms with E-state index >= 15 is 0 Å². The highest BCUT2D eigenvalue weighted by Gasteiger charge is 2.12. The number of nitrogens with zero attached hydrogens (tertiary/aromatic N) is 2. The Morgan fingerprint density at radius 2 is 1.87 bits per heavy atom. The second-order valence-corrected chi connectivity index (χ2v) is 6.26. The first-order chi connectivity index (χ1) is 11.2. The Bertz CT molecular complexity index is 701. The second kappa shape index (κ2) is 7.21. The molecule has 0 aliphatic heterocycles. The zero-order valence-corrected chi connectivity index (χ0v) is 13.2. The second-order valence-electron chi connectivity index (χ2n) is 5.23. The molecule has 0 unspecified atom stereocenters. The van der Waals surface area contributed by atoms with Crippen molar-refractivity contribution in [3.05, 3.63) is 86.5 Å². The Balaban J connectivity index is 1.73. The van der Waals surface area contributed by atoms with Gasteiger partial charge in [0.25, 0.3) is 5.69 Å². The number of rotatable bonds is 7. The fourth-order valence-electron chi connectivity index (χ4n) is 2.39. The van der Waals surface area contributed by atoms with Gasteiger partial charge in [-0.3, -0.25) is 15.0 Å². The molecule has 1 aromatic carbocycles. The molecule has 0 radical (unpaired) electrons. The summed E-state index contributed by atoms with van der Waals surface area (Å²) >= 11 is 1.72. The van der Waals surface area contributed by atoms with E-state index in [-0.39, 0.29) is 10.6 Å². The van der Waals surface area contributed by atoms with E-state index in [9.17, 15) is 10.1 Å². The maximum absolute atomic E-state index is 10.7. The first-order valence-electron chi connectivity index (χ1n) is 7.21. The Kier molecular flexibility index (Phi) is 4.85. The quantitative estimate of drug-likeness (QED) is 0.475. The molecule has 0 spiro atoms. The minimum absolute atomic E-state index is 0.115. The highest BCUT2D eigenvalue weighted by Crippen LogP contribution is 2.19. The van der Waals surface area contributed by atoms with Gasteiger partial charge >= 0.3 is 0 Å². The monoisotopic (exact) mass is 328 g/mol. The lowest BCUT2D eigenvalue weighted by Gasteiger charge is -2.20. The molecule has 0 bridgehead atoms. The van der Waals surface area contributed by atoms with Crippen LogP contribution in [0.1, 0.15) is 16.2 Å². The third-order valence-corrected chi connectivity index (χ3v) is 4.33. The van der Waals surface area contributed by atoms with Gasteiger partial charge in [-0.25, -0.2) is 0 Å². The van der Waals surface area contributed by atoms with E-state index in [0.717, 1.165) is 17.9 Å². The standard InChI is InChI=1S/C17H16N2O3S/c20-19(21)15-7-5-14(6-8-15)11-18(12-16-3-1-9-22-16)13-17-4-2-10-23-17/h1-10H,11-13H2. The normalized spacial score (nSPS) is 11.0. The minimum atomic E-state index is -0.379. The van der Waals surface area contributed by atoms with Gasteiger partial charge in [0.1, 0.15) is 5.76 Å². The molecule has 118 valence electrons. The zero-order valence-electron chi connectivity index (χ0n) is 12.4.